The third-order valence-corrected chi connectivity index (χ3v) is 3.97. The molecule has 1 heterocycles. The first-order valence-electron chi connectivity index (χ1n) is 6.64. The molecule has 3 heteroatoms. The van der Waals surface area contributed by atoms with Crippen LogP contribution in [0.2, 0.25) is 0 Å². The van der Waals surface area contributed by atoms with Gasteiger partial charge in [0.1, 0.15) is 5.82 Å². The lowest BCUT2D eigenvalue weighted by Gasteiger charge is -2.27. The summed E-state index contributed by atoms with van der Waals surface area (Å²) in [4.78, 5) is 2.25. The SMILES string of the molecule is Cc1ccc(F)cc1CC1(O)CCCN(C)CC1. The minimum Gasteiger partial charge on any atom is -0.389 e. The molecule has 1 aromatic carbocycles. The summed E-state index contributed by atoms with van der Waals surface area (Å²) < 4.78 is 13.3. The lowest BCUT2D eigenvalue weighted by atomic mass is 9.86. The molecule has 0 aliphatic carbocycles. The number of likely N-dealkylation sites (tertiary alicyclic amines) is 1. The minimum absolute atomic E-state index is 0.218. The number of benzene rings is 1. The molecule has 18 heavy (non-hydrogen) atoms. The normalized spacial score (nSPS) is 26.0. The van der Waals surface area contributed by atoms with Crippen molar-refractivity contribution in [2.75, 3.05) is 20.1 Å². The van der Waals surface area contributed by atoms with Crippen molar-refractivity contribution in [2.24, 2.45) is 0 Å². The van der Waals surface area contributed by atoms with Crippen molar-refractivity contribution in [1.82, 2.24) is 4.90 Å². The Morgan fingerprint density at radius 3 is 2.89 bits per heavy atom. The zero-order valence-corrected chi connectivity index (χ0v) is 11.2. The second kappa shape index (κ2) is 5.37. The Hall–Kier alpha value is -0.930. The van der Waals surface area contributed by atoms with Gasteiger partial charge >= 0.3 is 0 Å². The van der Waals surface area contributed by atoms with Crippen LogP contribution in [-0.4, -0.2) is 35.7 Å². The molecule has 1 unspecified atom stereocenters. The molecule has 0 amide bonds. The molecule has 1 atom stereocenters. The molecule has 0 saturated carbocycles. The number of nitrogens with zero attached hydrogens (tertiary/aromatic N) is 1. The molecule has 1 aliphatic heterocycles. The highest BCUT2D eigenvalue weighted by atomic mass is 19.1. The summed E-state index contributed by atoms with van der Waals surface area (Å²) in [6.45, 7) is 3.91. The third kappa shape index (κ3) is 3.30. The average Bonchev–Trinajstić information content (AvgIpc) is 2.47. The van der Waals surface area contributed by atoms with Crippen LogP contribution in [0.5, 0.6) is 0 Å². The number of halogens is 1. The molecule has 0 aromatic heterocycles. The van der Waals surface area contributed by atoms with Gasteiger partial charge in [0.2, 0.25) is 0 Å². The largest absolute Gasteiger partial charge is 0.389 e. The smallest absolute Gasteiger partial charge is 0.123 e. The molecule has 0 bridgehead atoms. The quantitative estimate of drug-likeness (QED) is 0.873. The first kappa shape index (κ1) is 13.5. The van der Waals surface area contributed by atoms with Crippen molar-refractivity contribution in [1.29, 1.82) is 0 Å². The summed E-state index contributed by atoms with van der Waals surface area (Å²) in [5, 5.41) is 10.7. The van der Waals surface area contributed by atoms with Gasteiger partial charge in [-0.1, -0.05) is 6.07 Å². The molecule has 0 radical (unpaired) electrons. The summed E-state index contributed by atoms with van der Waals surface area (Å²) in [6, 6.07) is 4.82. The number of aliphatic hydroxyl groups is 1. The van der Waals surface area contributed by atoms with Crippen molar-refractivity contribution in [3.05, 3.63) is 35.1 Å². The van der Waals surface area contributed by atoms with Crippen molar-refractivity contribution < 1.29 is 9.50 Å². The highest BCUT2D eigenvalue weighted by molar-refractivity contribution is 5.28. The Kier molecular flexibility index (Phi) is 4.03. The van der Waals surface area contributed by atoms with E-state index in [1.54, 1.807) is 12.1 Å². The van der Waals surface area contributed by atoms with Gasteiger partial charge in [-0.2, -0.15) is 0 Å². The molecule has 2 rings (SSSR count). The van der Waals surface area contributed by atoms with E-state index in [1.165, 1.54) is 6.07 Å². The van der Waals surface area contributed by atoms with Crippen LogP contribution in [0.3, 0.4) is 0 Å². The van der Waals surface area contributed by atoms with Crippen LogP contribution in [0.1, 0.15) is 30.4 Å². The fourth-order valence-corrected chi connectivity index (χ4v) is 2.68. The number of hydrogen-bond acceptors (Lipinski definition) is 2. The highest BCUT2D eigenvalue weighted by Crippen LogP contribution is 2.27. The predicted octanol–water partition coefficient (Wildman–Crippen LogP) is 2.52. The lowest BCUT2D eigenvalue weighted by molar-refractivity contribution is 0.0261. The molecule has 1 saturated heterocycles. The Labute approximate surface area is 108 Å². The topological polar surface area (TPSA) is 23.5 Å². The van der Waals surface area contributed by atoms with Gasteiger partial charge in [0, 0.05) is 13.0 Å². The summed E-state index contributed by atoms with van der Waals surface area (Å²) in [5.74, 6) is -0.218. The molecular weight excluding hydrogens is 229 g/mol. The molecule has 1 fully saturated rings. The molecule has 2 nitrogen and oxygen atoms in total. The average molecular weight is 251 g/mol. The molecular formula is C15H22FNO. The first-order valence-corrected chi connectivity index (χ1v) is 6.64. The summed E-state index contributed by atoms with van der Waals surface area (Å²) >= 11 is 0. The van der Waals surface area contributed by atoms with E-state index in [1.807, 2.05) is 6.92 Å². The van der Waals surface area contributed by atoms with Crippen LogP contribution in [0.4, 0.5) is 4.39 Å². The van der Waals surface area contributed by atoms with Crippen molar-refractivity contribution >= 4 is 0 Å². The minimum atomic E-state index is -0.677. The van der Waals surface area contributed by atoms with Crippen LogP contribution < -0.4 is 0 Å². The van der Waals surface area contributed by atoms with Gasteiger partial charge in [-0.3, -0.25) is 0 Å². The van der Waals surface area contributed by atoms with Crippen LogP contribution in [0.25, 0.3) is 0 Å². The second-order valence-electron chi connectivity index (χ2n) is 5.63. The van der Waals surface area contributed by atoms with Crippen LogP contribution in [0, 0.1) is 12.7 Å². The maximum absolute atomic E-state index is 13.3. The van der Waals surface area contributed by atoms with E-state index in [9.17, 15) is 9.50 Å². The fraction of sp³-hybridized carbons (Fsp3) is 0.600. The van der Waals surface area contributed by atoms with Crippen molar-refractivity contribution in [3.63, 3.8) is 0 Å². The second-order valence-corrected chi connectivity index (χ2v) is 5.63. The molecule has 100 valence electrons. The van der Waals surface area contributed by atoms with Gasteiger partial charge in [-0.05, 0) is 63.0 Å². The molecule has 1 aliphatic rings. The number of rotatable bonds is 2. The monoisotopic (exact) mass is 251 g/mol. The van der Waals surface area contributed by atoms with Gasteiger partial charge in [0.25, 0.3) is 0 Å². The molecule has 1 N–H and O–H groups in total. The van der Waals surface area contributed by atoms with Crippen molar-refractivity contribution in [3.8, 4) is 0 Å². The summed E-state index contributed by atoms with van der Waals surface area (Å²) in [7, 11) is 2.08. The van der Waals surface area contributed by atoms with Crippen LogP contribution in [0.15, 0.2) is 18.2 Å². The van der Waals surface area contributed by atoms with E-state index in [2.05, 4.69) is 11.9 Å². The van der Waals surface area contributed by atoms with E-state index in [4.69, 9.17) is 0 Å². The van der Waals surface area contributed by atoms with Gasteiger partial charge in [0.05, 0.1) is 5.60 Å². The van der Waals surface area contributed by atoms with E-state index in [0.29, 0.717) is 6.42 Å². The van der Waals surface area contributed by atoms with Gasteiger partial charge < -0.3 is 10.0 Å². The molecule has 0 spiro atoms. The lowest BCUT2D eigenvalue weighted by Crippen LogP contribution is -2.33. The third-order valence-electron chi connectivity index (χ3n) is 3.97. The Morgan fingerprint density at radius 2 is 2.11 bits per heavy atom. The van der Waals surface area contributed by atoms with E-state index >= 15 is 0 Å². The zero-order chi connectivity index (χ0) is 13.2. The number of aryl methyl sites for hydroxylation is 1. The zero-order valence-electron chi connectivity index (χ0n) is 11.2. The van der Waals surface area contributed by atoms with E-state index in [-0.39, 0.29) is 5.82 Å². The van der Waals surface area contributed by atoms with E-state index < -0.39 is 5.60 Å². The van der Waals surface area contributed by atoms with Gasteiger partial charge in [0.15, 0.2) is 0 Å². The maximum Gasteiger partial charge on any atom is 0.123 e. The Morgan fingerprint density at radius 1 is 1.33 bits per heavy atom. The summed E-state index contributed by atoms with van der Waals surface area (Å²) in [5.41, 5.74) is 1.31. The number of hydrogen-bond donors (Lipinski definition) is 1. The van der Waals surface area contributed by atoms with Crippen LogP contribution >= 0.6 is 0 Å². The fourth-order valence-electron chi connectivity index (χ4n) is 2.68. The molecule has 1 aromatic rings. The Bertz CT molecular complexity index is 421. The first-order chi connectivity index (χ1) is 8.48. The van der Waals surface area contributed by atoms with Crippen molar-refractivity contribution in [2.45, 2.75) is 38.2 Å². The predicted molar refractivity (Wildman–Crippen MR) is 71.1 cm³/mol. The van der Waals surface area contributed by atoms with E-state index in [0.717, 1.165) is 43.5 Å². The van der Waals surface area contributed by atoms with Gasteiger partial charge in [-0.15, -0.1) is 0 Å². The summed E-state index contributed by atoms with van der Waals surface area (Å²) in [6.07, 6.45) is 3.12. The van der Waals surface area contributed by atoms with Crippen LogP contribution in [-0.2, 0) is 6.42 Å². The van der Waals surface area contributed by atoms with Gasteiger partial charge in [-0.25, -0.2) is 4.39 Å². The standard InChI is InChI=1S/C15H22FNO/c1-12-4-5-14(16)10-13(12)11-15(18)6-3-8-17(2)9-7-15/h4-5,10,18H,3,6-9,11H2,1-2H3. The Balaban J connectivity index is 2.13. The maximum atomic E-state index is 13.3. The highest BCUT2D eigenvalue weighted by Gasteiger charge is 2.30.